The molecule has 0 aliphatic heterocycles. The lowest BCUT2D eigenvalue weighted by Gasteiger charge is -1.95. The summed E-state index contributed by atoms with van der Waals surface area (Å²) in [6, 6.07) is 9.57. The minimum absolute atomic E-state index is 0.110. The van der Waals surface area contributed by atoms with E-state index in [0.29, 0.717) is 11.5 Å². The van der Waals surface area contributed by atoms with Gasteiger partial charge in [0.2, 0.25) is 5.76 Å². The molecule has 2 rings (SSSR count). The SMILES string of the molecule is CC(=O)c1cc(-c2ccc(C)cc2)no1. The highest BCUT2D eigenvalue weighted by molar-refractivity contribution is 5.92. The highest BCUT2D eigenvalue weighted by Crippen LogP contribution is 2.19. The molecule has 0 fully saturated rings. The van der Waals surface area contributed by atoms with Crippen molar-refractivity contribution < 1.29 is 9.32 Å². The average Bonchev–Trinajstić information content (AvgIpc) is 2.68. The third-order valence-electron chi connectivity index (χ3n) is 2.20. The van der Waals surface area contributed by atoms with Gasteiger partial charge in [0.15, 0.2) is 5.78 Å². The molecule has 0 saturated heterocycles. The van der Waals surface area contributed by atoms with Crippen molar-refractivity contribution in [3.63, 3.8) is 0 Å². The van der Waals surface area contributed by atoms with Gasteiger partial charge in [-0.05, 0) is 6.92 Å². The normalized spacial score (nSPS) is 10.3. The number of rotatable bonds is 2. The Labute approximate surface area is 87.7 Å². The van der Waals surface area contributed by atoms with Crippen LogP contribution < -0.4 is 0 Å². The number of hydrogen-bond acceptors (Lipinski definition) is 3. The molecule has 2 aromatic rings. The van der Waals surface area contributed by atoms with Crippen LogP contribution in [-0.2, 0) is 0 Å². The summed E-state index contributed by atoms with van der Waals surface area (Å²) < 4.78 is 4.91. The first-order chi connectivity index (χ1) is 7.16. The van der Waals surface area contributed by atoms with Crippen LogP contribution >= 0.6 is 0 Å². The predicted molar refractivity (Wildman–Crippen MR) is 56.7 cm³/mol. The van der Waals surface area contributed by atoms with Crippen molar-refractivity contribution in [2.24, 2.45) is 0 Å². The van der Waals surface area contributed by atoms with Gasteiger partial charge in [-0.15, -0.1) is 0 Å². The molecule has 15 heavy (non-hydrogen) atoms. The first-order valence-electron chi connectivity index (χ1n) is 4.71. The average molecular weight is 201 g/mol. The maximum Gasteiger partial charge on any atom is 0.202 e. The molecule has 1 aromatic carbocycles. The molecule has 3 nitrogen and oxygen atoms in total. The summed E-state index contributed by atoms with van der Waals surface area (Å²) in [6.07, 6.45) is 0. The molecule has 76 valence electrons. The molecular formula is C12H11NO2. The van der Waals surface area contributed by atoms with E-state index in [9.17, 15) is 4.79 Å². The Hall–Kier alpha value is -1.90. The molecule has 3 heteroatoms. The van der Waals surface area contributed by atoms with Crippen molar-refractivity contribution in [2.75, 3.05) is 0 Å². The topological polar surface area (TPSA) is 43.1 Å². The fourth-order valence-electron chi connectivity index (χ4n) is 1.30. The Balaban J connectivity index is 2.37. The number of ketones is 1. The zero-order valence-electron chi connectivity index (χ0n) is 8.65. The van der Waals surface area contributed by atoms with Gasteiger partial charge in [0.1, 0.15) is 5.69 Å². The van der Waals surface area contributed by atoms with Gasteiger partial charge in [-0.1, -0.05) is 35.0 Å². The quantitative estimate of drug-likeness (QED) is 0.701. The molecule has 1 heterocycles. The Morgan fingerprint density at radius 3 is 2.47 bits per heavy atom. The Bertz CT molecular complexity index is 483. The van der Waals surface area contributed by atoms with Crippen LogP contribution in [-0.4, -0.2) is 10.9 Å². The maximum absolute atomic E-state index is 11.0. The number of benzene rings is 1. The molecule has 0 amide bonds. The Morgan fingerprint density at radius 1 is 1.27 bits per heavy atom. The van der Waals surface area contributed by atoms with Crippen LogP contribution in [0.25, 0.3) is 11.3 Å². The first-order valence-corrected chi connectivity index (χ1v) is 4.71. The molecule has 0 N–H and O–H groups in total. The second-order valence-electron chi connectivity index (χ2n) is 3.50. The van der Waals surface area contributed by atoms with Crippen molar-refractivity contribution in [2.45, 2.75) is 13.8 Å². The number of carbonyl (C=O) groups excluding carboxylic acids is 1. The number of aryl methyl sites for hydroxylation is 1. The Morgan fingerprint density at radius 2 is 1.93 bits per heavy atom. The highest BCUT2D eigenvalue weighted by Gasteiger charge is 2.09. The van der Waals surface area contributed by atoms with Crippen LogP contribution in [0, 0.1) is 6.92 Å². The van der Waals surface area contributed by atoms with Crippen LogP contribution in [0.4, 0.5) is 0 Å². The van der Waals surface area contributed by atoms with Crippen LogP contribution in [0.3, 0.4) is 0 Å². The van der Waals surface area contributed by atoms with E-state index in [4.69, 9.17) is 4.52 Å². The fraction of sp³-hybridized carbons (Fsp3) is 0.167. The van der Waals surface area contributed by atoms with Gasteiger partial charge in [0.25, 0.3) is 0 Å². The van der Waals surface area contributed by atoms with Gasteiger partial charge in [-0.3, -0.25) is 4.79 Å². The van der Waals surface area contributed by atoms with Gasteiger partial charge in [-0.2, -0.15) is 0 Å². The van der Waals surface area contributed by atoms with E-state index in [0.717, 1.165) is 5.56 Å². The van der Waals surface area contributed by atoms with Crippen LogP contribution in [0.5, 0.6) is 0 Å². The van der Waals surface area contributed by atoms with Gasteiger partial charge in [-0.25, -0.2) is 0 Å². The minimum Gasteiger partial charge on any atom is -0.353 e. The molecule has 0 aliphatic carbocycles. The summed E-state index contributed by atoms with van der Waals surface area (Å²) in [5.74, 6) is 0.187. The van der Waals surface area contributed by atoms with Crippen LogP contribution in [0.15, 0.2) is 34.9 Å². The molecular weight excluding hydrogens is 190 g/mol. The summed E-state index contributed by atoms with van der Waals surface area (Å²) in [6.45, 7) is 3.48. The van der Waals surface area contributed by atoms with Gasteiger partial charge >= 0.3 is 0 Å². The van der Waals surface area contributed by atoms with E-state index in [-0.39, 0.29) is 5.78 Å². The van der Waals surface area contributed by atoms with E-state index in [1.807, 2.05) is 31.2 Å². The minimum atomic E-state index is -0.110. The monoisotopic (exact) mass is 201 g/mol. The lowest BCUT2D eigenvalue weighted by atomic mass is 10.1. The van der Waals surface area contributed by atoms with E-state index < -0.39 is 0 Å². The van der Waals surface area contributed by atoms with Crippen molar-refractivity contribution >= 4 is 5.78 Å². The van der Waals surface area contributed by atoms with Crippen LogP contribution in [0.1, 0.15) is 23.0 Å². The lowest BCUT2D eigenvalue weighted by molar-refractivity contribution is 0.0978. The maximum atomic E-state index is 11.0. The smallest absolute Gasteiger partial charge is 0.202 e. The third-order valence-corrected chi connectivity index (χ3v) is 2.20. The summed E-state index contributed by atoms with van der Waals surface area (Å²) >= 11 is 0. The largest absolute Gasteiger partial charge is 0.353 e. The van der Waals surface area contributed by atoms with Gasteiger partial charge in [0, 0.05) is 18.6 Å². The second kappa shape index (κ2) is 3.69. The Kier molecular flexibility index (Phi) is 2.37. The fourth-order valence-corrected chi connectivity index (χ4v) is 1.30. The molecule has 0 bridgehead atoms. The zero-order valence-corrected chi connectivity index (χ0v) is 8.65. The lowest BCUT2D eigenvalue weighted by Crippen LogP contribution is -1.86. The molecule has 0 radical (unpaired) electrons. The van der Waals surface area contributed by atoms with Gasteiger partial charge < -0.3 is 4.52 Å². The first kappa shape index (κ1) is 9.65. The van der Waals surface area contributed by atoms with Crippen LogP contribution in [0.2, 0.25) is 0 Å². The summed E-state index contributed by atoms with van der Waals surface area (Å²) in [4.78, 5) is 11.0. The molecule has 0 unspecified atom stereocenters. The number of aromatic nitrogens is 1. The van der Waals surface area contributed by atoms with Crippen molar-refractivity contribution in [3.8, 4) is 11.3 Å². The molecule has 0 aliphatic rings. The standard InChI is InChI=1S/C12H11NO2/c1-8-3-5-10(6-4-8)11-7-12(9(2)14)15-13-11/h3-7H,1-2H3. The van der Waals surface area contributed by atoms with E-state index in [1.165, 1.54) is 12.5 Å². The van der Waals surface area contributed by atoms with Crippen molar-refractivity contribution in [3.05, 3.63) is 41.7 Å². The number of carbonyl (C=O) groups is 1. The van der Waals surface area contributed by atoms with E-state index >= 15 is 0 Å². The number of Topliss-reactive ketones (excluding diaryl/α,β-unsaturated/α-hetero) is 1. The zero-order chi connectivity index (χ0) is 10.8. The predicted octanol–water partition coefficient (Wildman–Crippen LogP) is 2.85. The highest BCUT2D eigenvalue weighted by atomic mass is 16.5. The molecule has 0 saturated carbocycles. The van der Waals surface area contributed by atoms with Gasteiger partial charge in [0.05, 0.1) is 0 Å². The number of nitrogens with zero attached hydrogens (tertiary/aromatic N) is 1. The van der Waals surface area contributed by atoms with E-state index in [1.54, 1.807) is 6.07 Å². The summed E-state index contributed by atoms with van der Waals surface area (Å²) in [5.41, 5.74) is 2.84. The third kappa shape index (κ3) is 1.96. The second-order valence-corrected chi connectivity index (χ2v) is 3.50. The summed E-state index contributed by atoms with van der Waals surface area (Å²) in [5, 5.41) is 3.84. The van der Waals surface area contributed by atoms with Crippen molar-refractivity contribution in [1.29, 1.82) is 0 Å². The summed E-state index contributed by atoms with van der Waals surface area (Å²) in [7, 11) is 0. The molecule has 1 aromatic heterocycles. The molecule has 0 spiro atoms. The number of hydrogen-bond donors (Lipinski definition) is 0. The van der Waals surface area contributed by atoms with Crippen molar-refractivity contribution in [1.82, 2.24) is 5.16 Å². The molecule has 0 atom stereocenters. The van der Waals surface area contributed by atoms with E-state index in [2.05, 4.69) is 5.16 Å².